The standard InChI is InChI=1S/C23H37N3O4S/c1-16(2)31(28,29)25-22-9-5-19(6-10-22)13-24-21-11-7-20(8-12-21)23(27)26-14-17(3)30-18(4)15-26/h7-8,11-12,16-19,22,24-25H,5-6,9-10,13-15H2,1-4H3. The summed E-state index contributed by atoms with van der Waals surface area (Å²) in [5.74, 6) is 0.577. The number of anilines is 1. The predicted octanol–water partition coefficient (Wildman–Crippen LogP) is 3.23. The van der Waals surface area contributed by atoms with Gasteiger partial charge in [0.1, 0.15) is 0 Å². The van der Waals surface area contributed by atoms with Crippen LogP contribution < -0.4 is 10.0 Å². The van der Waals surface area contributed by atoms with Crippen molar-refractivity contribution < 1.29 is 17.9 Å². The van der Waals surface area contributed by atoms with Crippen molar-refractivity contribution in [1.82, 2.24) is 9.62 Å². The van der Waals surface area contributed by atoms with E-state index in [1.165, 1.54) is 0 Å². The molecule has 2 unspecified atom stereocenters. The SMILES string of the molecule is CC1CN(C(=O)c2ccc(NCC3CCC(NS(=O)(=O)C(C)C)CC3)cc2)CC(C)O1. The first-order valence-electron chi connectivity index (χ1n) is 11.4. The quantitative estimate of drug-likeness (QED) is 0.665. The molecule has 0 spiro atoms. The molecule has 0 bridgehead atoms. The number of rotatable bonds is 7. The van der Waals surface area contributed by atoms with Crippen molar-refractivity contribution in [2.75, 3.05) is 25.0 Å². The van der Waals surface area contributed by atoms with Gasteiger partial charge in [-0.15, -0.1) is 0 Å². The lowest BCUT2D eigenvalue weighted by Gasteiger charge is -2.35. The van der Waals surface area contributed by atoms with Gasteiger partial charge in [-0.25, -0.2) is 13.1 Å². The maximum absolute atomic E-state index is 12.8. The second-order valence-electron chi connectivity index (χ2n) is 9.35. The van der Waals surface area contributed by atoms with Crippen molar-refractivity contribution in [3.8, 4) is 0 Å². The molecule has 1 saturated heterocycles. The maximum atomic E-state index is 12.8. The molecule has 1 aliphatic carbocycles. The molecule has 1 aromatic rings. The highest BCUT2D eigenvalue weighted by Crippen LogP contribution is 2.26. The summed E-state index contributed by atoms with van der Waals surface area (Å²) in [7, 11) is -3.20. The van der Waals surface area contributed by atoms with E-state index in [2.05, 4.69) is 10.0 Å². The van der Waals surface area contributed by atoms with E-state index in [4.69, 9.17) is 4.74 Å². The Morgan fingerprint density at radius 2 is 1.65 bits per heavy atom. The molecule has 1 heterocycles. The number of amides is 1. The van der Waals surface area contributed by atoms with Crippen molar-refractivity contribution in [3.63, 3.8) is 0 Å². The molecule has 3 rings (SSSR count). The summed E-state index contributed by atoms with van der Waals surface area (Å²) in [5.41, 5.74) is 1.70. The molecular weight excluding hydrogens is 414 g/mol. The van der Waals surface area contributed by atoms with E-state index in [9.17, 15) is 13.2 Å². The lowest BCUT2D eigenvalue weighted by atomic mass is 9.86. The molecular formula is C23H37N3O4S. The number of hydrogen-bond donors (Lipinski definition) is 2. The first kappa shape index (κ1) is 24.0. The number of ether oxygens (including phenoxy) is 1. The number of hydrogen-bond acceptors (Lipinski definition) is 5. The summed E-state index contributed by atoms with van der Waals surface area (Å²) in [6, 6.07) is 7.74. The van der Waals surface area contributed by atoms with Crippen LogP contribution in [0.4, 0.5) is 5.69 Å². The van der Waals surface area contributed by atoms with Gasteiger partial charge in [-0.3, -0.25) is 4.79 Å². The summed E-state index contributed by atoms with van der Waals surface area (Å²) < 4.78 is 32.6. The number of carbonyl (C=O) groups excluding carboxylic acids is 1. The minimum atomic E-state index is -3.20. The Balaban J connectivity index is 1.44. The lowest BCUT2D eigenvalue weighted by Crippen LogP contribution is -2.48. The van der Waals surface area contributed by atoms with Gasteiger partial charge >= 0.3 is 0 Å². The molecule has 0 radical (unpaired) electrons. The van der Waals surface area contributed by atoms with Crippen LogP contribution in [0.5, 0.6) is 0 Å². The van der Waals surface area contributed by atoms with E-state index in [-0.39, 0.29) is 24.2 Å². The Labute approximate surface area is 187 Å². The Bertz CT molecular complexity index is 823. The summed E-state index contributed by atoms with van der Waals surface area (Å²) in [6.45, 7) is 9.51. The number of benzene rings is 1. The van der Waals surface area contributed by atoms with Crippen molar-refractivity contribution in [2.24, 2.45) is 5.92 Å². The molecule has 1 aliphatic heterocycles. The number of nitrogens with one attached hydrogen (secondary N) is 2. The molecule has 2 N–H and O–H groups in total. The van der Waals surface area contributed by atoms with Crippen LogP contribution in [0.3, 0.4) is 0 Å². The Morgan fingerprint density at radius 3 is 2.19 bits per heavy atom. The van der Waals surface area contributed by atoms with Gasteiger partial charge < -0.3 is 15.0 Å². The van der Waals surface area contributed by atoms with E-state index in [0.29, 0.717) is 24.6 Å². The zero-order valence-corrected chi connectivity index (χ0v) is 20.0. The minimum absolute atomic E-state index is 0.0516. The number of morpholine rings is 1. The fourth-order valence-corrected chi connectivity index (χ4v) is 5.34. The summed E-state index contributed by atoms with van der Waals surface area (Å²) in [5, 5.41) is 3.08. The van der Waals surface area contributed by atoms with Crippen molar-refractivity contribution in [1.29, 1.82) is 0 Å². The molecule has 2 aliphatic rings. The topological polar surface area (TPSA) is 87.7 Å². The van der Waals surface area contributed by atoms with Crippen molar-refractivity contribution >= 4 is 21.6 Å². The van der Waals surface area contributed by atoms with E-state index in [0.717, 1.165) is 37.9 Å². The van der Waals surface area contributed by atoms with Gasteiger partial charge in [-0.2, -0.15) is 0 Å². The molecule has 2 fully saturated rings. The fraction of sp³-hybridized carbons (Fsp3) is 0.696. The van der Waals surface area contributed by atoms with Crippen LogP contribution in [-0.2, 0) is 14.8 Å². The highest BCUT2D eigenvalue weighted by atomic mass is 32.2. The van der Waals surface area contributed by atoms with Crippen molar-refractivity contribution in [3.05, 3.63) is 29.8 Å². The first-order chi connectivity index (χ1) is 14.6. The molecule has 0 aromatic heterocycles. The van der Waals surface area contributed by atoms with E-state index < -0.39 is 15.3 Å². The Hall–Kier alpha value is -1.64. The Morgan fingerprint density at radius 1 is 1.06 bits per heavy atom. The number of sulfonamides is 1. The molecule has 174 valence electrons. The third-order valence-corrected chi connectivity index (χ3v) is 8.13. The summed E-state index contributed by atoms with van der Waals surface area (Å²) in [4.78, 5) is 14.6. The van der Waals surface area contributed by atoms with Crippen LogP contribution in [0, 0.1) is 5.92 Å². The number of nitrogens with zero attached hydrogens (tertiary/aromatic N) is 1. The van der Waals surface area contributed by atoms with Crippen LogP contribution in [0.2, 0.25) is 0 Å². The van der Waals surface area contributed by atoms with Crippen LogP contribution in [0.1, 0.15) is 63.7 Å². The average molecular weight is 452 g/mol. The van der Waals surface area contributed by atoms with Gasteiger partial charge in [0, 0.05) is 36.9 Å². The minimum Gasteiger partial charge on any atom is -0.385 e. The Kier molecular flexibility index (Phi) is 7.99. The van der Waals surface area contributed by atoms with Crippen LogP contribution in [-0.4, -0.2) is 62.4 Å². The van der Waals surface area contributed by atoms with Gasteiger partial charge in [-0.1, -0.05) is 0 Å². The van der Waals surface area contributed by atoms with E-state index in [1.54, 1.807) is 13.8 Å². The second-order valence-corrected chi connectivity index (χ2v) is 11.6. The van der Waals surface area contributed by atoms with Crippen LogP contribution >= 0.6 is 0 Å². The van der Waals surface area contributed by atoms with Crippen molar-refractivity contribution in [2.45, 2.75) is 76.9 Å². The van der Waals surface area contributed by atoms with Gasteiger partial charge in [-0.05, 0) is 83.6 Å². The average Bonchev–Trinajstić information content (AvgIpc) is 2.72. The fourth-order valence-electron chi connectivity index (χ4n) is 4.37. The first-order valence-corrected chi connectivity index (χ1v) is 13.0. The molecule has 7 nitrogen and oxygen atoms in total. The zero-order chi connectivity index (χ0) is 22.6. The van der Waals surface area contributed by atoms with Crippen LogP contribution in [0.25, 0.3) is 0 Å². The number of carbonyl (C=O) groups is 1. The normalized spacial score (nSPS) is 27.3. The van der Waals surface area contributed by atoms with E-state index in [1.807, 2.05) is 43.0 Å². The molecule has 1 amide bonds. The smallest absolute Gasteiger partial charge is 0.254 e. The third-order valence-electron chi connectivity index (χ3n) is 6.23. The highest BCUT2D eigenvalue weighted by molar-refractivity contribution is 7.90. The maximum Gasteiger partial charge on any atom is 0.254 e. The molecule has 1 aromatic carbocycles. The lowest BCUT2D eigenvalue weighted by molar-refractivity contribution is -0.0586. The molecule has 2 atom stereocenters. The van der Waals surface area contributed by atoms with Gasteiger partial charge in [0.2, 0.25) is 10.0 Å². The molecule has 31 heavy (non-hydrogen) atoms. The monoisotopic (exact) mass is 451 g/mol. The van der Waals surface area contributed by atoms with E-state index >= 15 is 0 Å². The van der Waals surface area contributed by atoms with Gasteiger partial charge in [0.15, 0.2) is 0 Å². The zero-order valence-electron chi connectivity index (χ0n) is 19.1. The summed E-state index contributed by atoms with van der Waals surface area (Å²) in [6.07, 6.45) is 3.88. The molecule has 1 saturated carbocycles. The van der Waals surface area contributed by atoms with Gasteiger partial charge in [0.05, 0.1) is 17.5 Å². The highest BCUT2D eigenvalue weighted by Gasteiger charge is 2.27. The molecule has 8 heteroatoms. The summed E-state index contributed by atoms with van der Waals surface area (Å²) >= 11 is 0. The largest absolute Gasteiger partial charge is 0.385 e. The van der Waals surface area contributed by atoms with Gasteiger partial charge in [0.25, 0.3) is 5.91 Å². The van der Waals surface area contributed by atoms with Crippen LogP contribution in [0.15, 0.2) is 24.3 Å². The second kappa shape index (κ2) is 10.3. The predicted molar refractivity (Wildman–Crippen MR) is 124 cm³/mol. The third kappa shape index (κ3) is 6.67.